The number of allylic oxidation sites excluding steroid dienone is 1. The number of fused-ring (bicyclic) bond motifs is 1. The van der Waals surface area contributed by atoms with Crippen molar-refractivity contribution in [2.24, 2.45) is 0 Å². The van der Waals surface area contributed by atoms with Crippen LogP contribution >= 0.6 is 11.6 Å². The van der Waals surface area contributed by atoms with Crippen molar-refractivity contribution >= 4 is 30.8 Å². The molecule has 23 heavy (non-hydrogen) atoms. The average Bonchev–Trinajstić information content (AvgIpc) is 2.81. The Morgan fingerprint density at radius 3 is 2.52 bits per heavy atom. The van der Waals surface area contributed by atoms with Crippen molar-refractivity contribution in [2.45, 2.75) is 38.4 Å². The van der Waals surface area contributed by atoms with Crippen LogP contribution in [-0.4, -0.2) is 21.5 Å². The highest BCUT2D eigenvalue weighted by molar-refractivity contribution is 6.79. The Balaban J connectivity index is 2.76. The molecule has 1 aliphatic carbocycles. The molecule has 1 aromatic rings. The fraction of sp³-hybridized carbons (Fsp3) is 0.389. The van der Waals surface area contributed by atoms with E-state index in [4.69, 9.17) is 21.1 Å². The number of halogens is 1. The quantitative estimate of drug-likeness (QED) is 0.546. The van der Waals surface area contributed by atoms with Crippen LogP contribution in [0.25, 0.3) is 11.1 Å². The Labute approximate surface area is 144 Å². The standard InChI is InChI=1S/C18H22ClNO2Si/c1-7-12-8-9-14(22-11(2)21-3)16-15(12)17(19)13(10-20)18(16)23(4,5)6/h7-9,11,18H,1H2,2-6H3. The molecule has 2 rings (SSSR count). The number of nitrogens with zero attached hydrogens (tertiary/aromatic N) is 1. The summed E-state index contributed by atoms with van der Waals surface area (Å²) in [5.74, 6) is 0.732. The van der Waals surface area contributed by atoms with E-state index in [0.29, 0.717) is 10.6 Å². The molecule has 0 aromatic heterocycles. The van der Waals surface area contributed by atoms with Crippen molar-refractivity contribution in [3.8, 4) is 11.8 Å². The molecule has 1 aromatic carbocycles. The van der Waals surface area contributed by atoms with Crippen molar-refractivity contribution in [3.05, 3.63) is 41.0 Å². The predicted molar refractivity (Wildman–Crippen MR) is 98.1 cm³/mol. The van der Waals surface area contributed by atoms with Crippen molar-refractivity contribution in [2.75, 3.05) is 7.11 Å². The van der Waals surface area contributed by atoms with E-state index in [1.807, 2.05) is 19.1 Å². The Hall–Kier alpha value is -1.54. The van der Waals surface area contributed by atoms with Crippen LogP contribution in [0.2, 0.25) is 19.6 Å². The number of ether oxygens (including phenoxy) is 2. The molecule has 122 valence electrons. The van der Waals surface area contributed by atoms with E-state index in [9.17, 15) is 5.26 Å². The normalized spacial score (nSPS) is 18.4. The second-order valence-electron chi connectivity index (χ2n) is 6.71. The van der Waals surface area contributed by atoms with Gasteiger partial charge in [-0.3, -0.25) is 0 Å². The van der Waals surface area contributed by atoms with Gasteiger partial charge in [-0.1, -0.05) is 50.0 Å². The largest absolute Gasteiger partial charge is 0.465 e. The van der Waals surface area contributed by atoms with Crippen molar-refractivity contribution in [1.82, 2.24) is 0 Å². The van der Waals surface area contributed by atoms with E-state index in [2.05, 4.69) is 32.3 Å². The molecule has 0 aliphatic heterocycles. The summed E-state index contributed by atoms with van der Waals surface area (Å²) in [6, 6.07) is 6.17. The number of nitriles is 1. The summed E-state index contributed by atoms with van der Waals surface area (Å²) in [4.78, 5) is 0. The highest BCUT2D eigenvalue weighted by Crippen LogP contribution is 2.52. The zero-order valence-electron chi connectivity index (χ0n) is 14.2. The van der Waals surface area contributed by atoms with Gasteiger partial charge in [-0.15, -0.1) is 0 Å². The molecular weight excluding hydrogens is 326 g/mol. The highest BCUT2D eigenvalue weighted by atomic mass is 35.5. The zero-order valence-corrected chi connectivity index (χ0v) is 16.0. The van der Waals surface area contributed by atoms with E-state index < -0.39 is 8.07 Å². The molecule has 0 radical (unpaired) electrons. The lowest BCUT2D eigenvalue weighted by atomic mass is 10.0. The fourth-order valence-electron chi connectivity index (χ4n) is 3.03. The summed E-state index contributed by atoms with van der Waals surface area (Å²) in [7, 11) is -0.147. The minimum atomic E-state index is -1.75. The van der Waals surface area contributed by atoms with Crippen LogP contribution in [-0.2, 0) is 4.74 Å². The fourth-order valence-corrected chi connectivity index (χ4v) is 5.72. The monoisotopic (exact) mass is 347 g/mol. The number of hydrogen-bond acceptors (Lipinski definition) is 3. The first-order valence-electron chi connectivity index (χ1n) is 7.55. The van der Waals surface area contributed by atoms with Gasteiger partial charge in [0.1, 0.15) is 5.75 Å². The van der Waals surface area contributed by atoms with E-state index in [-0.39, 0.29) is 11.8 Å². The molecule has 2 atom stereocenters. The Morgan fingerprint density at radius 2 is 2.04 bits per heavy atom. The average molecular weight is 348 g/mol. The molecule has 0 bridgehead atoms. The van der Waals surface area contributed by atoms with Gasteiger partial charge in [0, 0.05) is 23.8 Å². The molecule has 0 amide bonds. The Morgan fingerprint density at radius 1 is 1.39 bits per heavy atom. The summed E-state index contributed by atoms with van der Waals surface area (Å²) in [6.07, 6.45) is 1.40. The highest BCUT2D eigenvalue weighted by Gasteiger charge is 2.42. The minimum absolute atomic E-state index is 0.00829. The Bertz CT molecular complexity index is 713. The first kappa shape index (κ1) is 17.8. The molecule has 0 spiro atoms. The topological polar surface area (TPSA) is 42.2 Å². The lowest BCUT2D eigenvalue weighted by molar-refractivity contribution is -0.0387. The summed E-state index contributed by atoms with van der Waals surface area (Å²) < 4.78 is 11.2. The zero-order chi connectivity index (χ0) is 17.4. The van der Waals surface area contributed by atoms with E-state index in [1.54, 1.807) is 13.2 Å². The minimum Gasteiger partial charge on any atom is -0.465 e. The third-order valence-electron chi connectivity index (χ3n) is 4.10. The van der Waals surface area contributed by atoms with Crippen molar-refractivity contribution in [1.29, 1.82) is 5.26 Å². The van der Waals surface area contributed by atoms with Gasteiger partial charge in [0.15, 0.2) is 6.29 Å². The third-order valence-corrected chi connectivity index (χ3v) is 6.80. The van der Waals surface area contributed by atoms with Crippen LogP contribution in [0.1, 0.15) is 29.2 Å². The van der Waals surface area contributed by atoms with Crippen molar-refractivity contribution in [3.63, 3.8) is 0 Å². The van der Waals surface area contributed by atoms with Gasteiger partial charge in [-0.05, 0) is 18.6 Å². The van der Waals surface area contributed by atoms with Crippen LogP contribution in [0.4, 0.5) is 0 Å². The predicted octanol–water partition coefficient (Wildman–Crippen LogP) is 5.15. The summed E-state index contributed by atoms with van der Waals surface area (Å²) in [5.41, 5.74) is 3.47. The molecule has 2 unspecified atom stereocenters. The lowest BCUT2D eigenvalue weighted by Crippen LogP contribution is -2.31. The second kappa shape index (κ2) is 6.52. The second-order valence-corrected chi connectivity index (χ2v) is 12.4. The molecule has 0 saturated heterocycles. The smallest absolute Gasteiger partial charge is 0.196 e. The number of methoxy groups -OCH3 is 1. The SMILES string of the molecule is C=Cc1ccc(OC(C)OC)c2c1C(Cl)=C(C#N)C2[Si](C)(C)C. The maximum Gasteiger partial charge on any atom is 0.196 e. The molecule has 0 N–H and O–H groups in total. The summed E-state index contributed by atoms with van der Waals surface area (Å²) in [5, 5.41) is 10.2. The van der Waals surface area contributed by atoms with Gasteiger partial charge in [-0.25, -0.2) is 0 Å². The van der Waals surface area contributed by atoms with Gasteiger partial charge in [0.2, 0.25) is 0 Å². The van der Waals surface area contributed by atoms with Crippen LogP contribution < -0.4 is 4.74 Å². The van der Waals surface area contributed by atoms with Crippen LogP contribution in [0.15, 0.2) is 24.3 Å². The molecule has 0 heterocycles. The van der Waals surface area contributed by atoms with Gasteiger partial charge < -0.3 is 9.47 Å². The maximum absolute atomic E-state index is 9.66. The summed E-state index contributed by atoms with van der Waals surface area (Å²) in [6.45, 7) is 12.4. The van der Waals surface area contributed by atoms with E-state index in [0.717, 1.165) is 22.4 Å². The number of benzene rings is 1. The maximum atomic E-state index is 9.66. The van der Waals surface area contributed by atoms with E-state index >= 15 is 0 Å². The van der Waals surface area contributed by atoms with E-state index in [1.165, 1.54) is 0 Å². The molecule has 3 nitrogen and oxygen atoms in total. The van der Waals surface area contributed by atoms with Gasteiger partial charge in [-0.2, -0.15) is 5.26 Å². The van der Waals surface area contributed by atoms with Gasteiger partial charge >= 0.3 is 0 Å². The van der Waals surface area contributed by atoms with Crippen LogP contribution in [0.5, 0.6) is 5.75 Å². The van der Waals surface area contributed by atoms with Gasteiger partial charge in [0.25, 0.3) is 0 Å². The number of rotatable bonds is 5. The first-order chi connectivity index (χ1) is 10.8. The molecule has 0 saturated carbocycles. The van der Waals surface area contributed by atoms with Crippen molar-refractivity contribution < 1.29 is 9.47 Å². The molecule has 0 fully saturated rings. The van der Waals surface area contributed by atoms with Gasteiger partial charge in [0.05, 0.1) is 24.7 Å². The third kappa shape index (κ3) is 3.09. The number of hydrogen-bond donors (Lipinski definition) is 0. The molecular formula is C18H22ClNO2Si. The van der Waals surface area contributed by atoms with Crippen LogP contribution in [0.3, 0.4) is 0 Å². The first-order valence-corrected chi connectivity index (χ1v) is 11.5. The molecule has 1 aliphatic rings. The lowest BCUT2D eigenvalue weighted by Gasteiger charge is -2.28. The molecule has 5 heteroatoms. The van der Waals surface area contributed by atoms with Crippen LogP contribution in [0, 0.1) is 11.3 Å². The summed E-state index contributed by atoms with van der Waals surface area (Å²) >= 11 is 6.58. The Kier molecular flexibility index (Phi) is 5.05.